The molecule has 4 aliphatic rings. The van der Waals surface area contributed by atoms with Crippen LogP contribution in [0.4, 0.5) is 18.0 Å². The third kappa shape index (κ3) is 5.90. The average molecular weight is 643 g/mol. The number of alkyl halides is 3. The number of urea groups is 1. The van der Waals surface area contributed by atoms with Crippen molar-refractivity contribution in [3.05, 3.63) is 29.8 Å². The third-order valence-corrected chi connectivity index (χ3v) is 14.1. The number of carbonyl (C=O) groups is 1. The molecule has 4 fully saturated rings. The van der Waals surface area contributed by atoms with Crippen LogP contribution in [0.15, 0.2) is 29.2 Å². The van der Waals surface area contributed by atoms with E-state index < -0.39 is 32.7 Å². The second kappa shape index (κ2) is 12.1. The molecule has 5 rings (SSSR count). The predicted molar refractivity (Wildman–Crippen MR) is 161 cm³/mol. The van der Waals surface area contributed by atoms with E-state index in [9.17, 15) is 36.6 Å². The van der Waals surface area contributed by atoms with Crippen molar-refractivity contribution in [3.8, 4) is 0 Å². The zero-order valence-corrected chi connectivity index (χ0v) is 27.1. The minimum Gasteiger partial charge on any atom is -0.393 e. The lowest BCUT2D eigenvalue weighted by atomic mass is 9.41. The minimum absolute atomic E-state index is 0.0748. The van der Waals surface area contributed by atoms with Crippen LogP contribution in [0.5, 0.6) is 0 Å². The van der Waals surface area contributed by atoms with Gasteiger partial charge in [0.2, 0.25) is 0 Å². The van der Waals surface area contributed by atoms with E-state index >= 15 is 0 Å². The van der Waals surface area contributed by atoms with E-state index in [4.69, 9.17) is 0 Å². The van der Waals surface area contributed by atoms with E-state index in [0.717, 1.165) is 63.5 Å². The van der Waals surface area contributed by atoms with E-state index in [0.29, 0.717) is 42.2 Å². The summed E-state index contributed by atoms with van der Waals surface area (Å²) in [6.45, 7) is 9.46. The highest BCUT2D eigenvalue weighted by Gasteiger charge is 2.64. The smallest absolute Gasteiger partial charge is 0.393 e. The number of amides is 2. The molecule has 248 valence electrons. The summed E-state index contributed by atoms with van der Waals surface area (Å²) in [5.41, 5.74) is -0.750. The van der Waals surface area contributed by atoms with Gasteiger partial charge in [0.15, 0.2) is 0 Å². The maximum absolute atomic E-state index is 12.8. The Morgan fingerprint density at radius 2 is 1.64 bits per heavy atom. The lowest BCUT2D eigenvalue weighted by Crippen LogP contribution is -2.62. The second-order valence-corrected chi connectivity index (χ2v) is 16.5. The van der Waals surface area contributed by atoms with E-state index in [1.807, 2.05) is 4.72 Å². The van der Waals surface area contributed by atoms with E-state index in [-0.39, 0.29) is 47.3 Å². The summed E-state index contributed by atoms with van der Waals surface area (Å²) in [6, 6.07) is 2.09. The molecule has 4 aliphatic carbocycles. The topological polar surface area (TPSA) is 116 Å². The summed E-state index contributed by atoms with van der Waals surface area (Å²) >= 11 is 0. The summed E-state index contributed by atoms with van der Waals surface area (Å²) in [6.07, 6.45) is 3.34. The van der Waals surface area contributed by atoms with E-state index in [1.165, 1.54) is 0 Å². The van der Waals surface area contributed by atoms with Crippen LogP contribution in [-0.4, -0.2) is 43.4 Å². The first-order valence-electron chi connectivity index (χ1n) is 16.4. The fourth-order valence-electron chi connectivity index (χ4n) is 10.6. The van der Waals surface area contributed by atoms with Crippen LogP contribution in [0.25, 0.3) is 0 Å². The molecule has 0 spiro atoms. The molecule has 0 radical (unpaired) electrons. The van der Waals surface area contributed by atoms with Gasteiger partial charge in [-0.25, -0.2) is 17.9 Å². The normalized spacial score (nSPS) is 39.5. The number of hydrogen-bond donors (Lipinski definition) is 4. The van der Waals surface area contributed by atoms with Gasteiger partial charge < -0.3 is 15.5 Å². The fraction of sp³-hybridized carbons (Fsp3) is 0.788. The van der Waals surface area contributed by atoms with Crippen LogP contribution in [0, 0.1) is 52.3 Å². The van der Waals surface area contributed by atoms with Gasteiger partial charge in [0.25, 0.3) is 10.0 Å². The standard InChI is InChI=1S/C33H49F3N2O5S/c1-5-23-27-18-21(39)12-15-32(27,4)26-13-16-31(3)24(10-11-25(31)28(26)29(23)40)19(2)14-17-37-30(41)38-44(42,43)22-8-6-20(7-9-22)33(34,35)36/h6-9,19,21,23-29,39-40H,5,10-18H2,1-4H3,(H2,37,38,41)/t19-,21-,23-,24-,25+,26+,27+,28+,29-,31-,32-/m1/s1. The van der Waals surface area contributed by atoms with Gasteiger partial charge in [-0.3, -0.25) is 0 Å². The Hall–Kier alpha value is -1.85. The molecule has 0 bridgehead atoms. The summed E-state index contributed by atoms with van der Waals surface area (Å²) in [7, 11) is -4.32. The monoisotopic (exact) mass is 642 g/mol. The van der Waals surface area contributed by atoms with Crippen molar-refractivity contribution < 1.29 is 36.6 Å². The minimum atomic E-state index is -4.59. The number of hydrogen-bond acceptors (Lipinski definition) is 5. The zero-order valence-electron chi connectivity index (χ0n) is 26.2. The molecule has 4 N–H and O–H groups in total. The van der Waals surface area contributed by atoms with Gasteiger partial charge in [0.05, 0.1) is 22.7 Å². The summed E-state index contributed by atoms with van der Waals surface area (Å²) in [4.78, 5) is 12.0. The molecular weight excluding hydrogens is 593 g/mol. The molecule has 4 saturated carbocycles. The molecule has 11 heteroatoms. The van der Waals surface area contributed by atoms with Crippen molar-refractivity contribution in [2.75, 3.05) is 6.54 Å². The number of aliphatic hydroxyl groups excluding tert-OH is 2. The number of halogens is 3. The van der Waals surface area contributed by atoms with Gasteiger partial charge in [-0.1, -0.05) is 34.1 Å². The van der Waals surface area contributed by atoms with Crippen molar-refractivity contribution in [2.45, 2.75) is 109 Å². The molecule has 0 saturated heterocycles. The Kier molecular flexibility index (Phi) is 9.19. The molecule has 0 heterocycles. The van der Waals surface area contributed by atoms with E-state index in [2.05, 4.69) is 33.0 Å². The zero-order chi connectivity index (χ0) is 32.2. The number of nitrogens with one attached hydrogen (secondary N) is 2. The molecule has 1 aromatic carbocycles. The van der Waals surface area contributed by atoms with Crippen LogP contribution in [0.3, 0.4) is 0 Å². The van der Waals surface area contributed by atoms with Crippen LogP contribution >= 0.6 is 0 Å². The Morgan fingerprint density at radius 3 is 2.27 bits per heavy atom. The van der Waals surface area contributed by atoms with Gasteiger partial charge in [-0.2, -0.15) is 13.2 Å². The number of fused-ring (bicyclic) bond motifs is 5. The summed E-state index contributed by atoms with van der Waals surface area (Å²) in [5.74, 6) is 2.38. The van der Waals surface area contributed by atoms with Crippen LogP contribution in [-0.2, 0) is 16.2 Å². The molecule has 11 atom stereocenters. The molecule has 1 aromatic rings. The van der Waals surface area contributed by atoms with Gasteiger partial charge in [-0.15, -0.1) is 0 Å². The Balaban J connectivity index is 1.19. The number of aliphatic hydroxyl groups is 2. The third-order valence-electron chi connectivity index (χ3n) is 12.8. The van der Waals surface area contributed by atoms with Crippen molar-refractivity contribution in [3.63, 3.8) is 0 Å². The molecule has 44 heavy (non-hydrogen) atoms. The molecule has 0 aromatic heterocycles. The first-order valence-corrected chi connectivity index (χ1v) is 17.8. The summed E-state index contributed by atoms with van der Waals surface area (Å²) < 4.78 is 65.4. The highest BCUT2D eigenvalue weighted by Crippen LogP contribution is 2.69. The maximum Gasteiger partial charge on any atom is 0.416 e. The van der Waals surface area contributed by atoms with Crippen molar-refractivity contribution in [1.29, 1.82) is 0 Å². The van der Waals surface area contributed by atoms with Gasteiger partial charge >= 0.3 is 12.2 Å². The molecule has 7 nitrogen and oxygen atoms in total. The number of benzene rings is 1. The predicted octanol–water partition coefficient (Wildman–Crippen LogP) is 6.35. The van der Waals surface area contributed by atoms with Crippen molar-refractivity contribution >= 4 is 16.1 Å². The number of sulfonamides is 1. The lowest BCUT2D eigenvalue weighted by Gasteiger charge is -2.64. The lowest BCUT2D eigenvalue weighted by molar-refractivity contribution is -0.203. The highest BCUT2D eigenvalue weighted by molar-refractivity contribution is 7.90. The van der Waals surface area contributed by atoms with Crippen LogP contribution < -0.4 is 10.0 Å². The SMILES string of the molecule is CC[C@H]1[C@@H](O)[C@@H]2[C@H](CC[C@]3(C)[C@@H]([C@H](C)CCNC(=O)NS(=O)(=O)c4ccc(C(F)(F)F)cc4)CC[C@@H]23)[C@@]2(C)CC[C@@H](O)C[C@@H]12. The quantitative estimate of drug-likeness (QED) is 0.277. The average Bonchev–Trinajstić information content (AvgIpc) is 3.30. The first-order chi connectivity index (χ1) is 20.5. The Labute approximate surface area is 259 Å². The molecule has 0 unspecified atom stereocenters. The Bertz CT molecular complexity index is 1310. The first kappa shape index (κ1) is 33.5. The van der Waals surface area contributed by atoms with Crippen molar-refractivity contribution in [1.82, 2.24) is 10.0 Å². The van der Waals surface area contributed by atoms with Crippen molar-refractivity contribution in [2.24, 2.45) is 52.3 Å². The summed E-state index contributed by atoms with van der Waals surface area (Å²) in [5, 5.41) is 25.0. The fourth-order valence-corrected chi connectivity index (χ4v) is 11.5. The second-order valence-electron chi connectivity index (χ2n) is 14.8. The number of carbonyl (C=O) groups excluding carboxylic acids is 1. The Morgan fingerprint density at radius 1 is 1.00 bits per heavy atom. The van der Waals surface area contributed by atoms with Gasteiger partial charge in [0.1, 0.15) is 0 Å². The number of rotatable bonds is 7. The van der Waals surface area contributed by atoms with Gasteiger partial charge in [-0.05, 0) is 128 Å². The highest BCUT2D eigenvalue weighted by atomic mass is 32.2. The van der Waals surface area contributed by atoms with Crippen LogP contribution in [0.1, 0.15) is 91.0 Å². The van der Waals surface area contributed by atoms with Crippen LogP contribution in [0.2, 0.25) is 0 Å². The maximum atomic E-state index is 12.8. The largest absolute Gasteiger partial charge is 0.416 e. The van der Waals surface area contributed by atoms with E-state index in [1.54, 1.807) is 0 Å². The molecule has 0 aliphatic heterocycles. The molecule has 2 amide bonds. The molecular formula is C33H49F3N2O5S. The van der Waals surface area contributed by atoms with Gasteiger partial charge in [0, 0.05) is 6.54 Å².